The lowest BCUT2D eigenvalue weighted by Gasteiger charge is -2.24. The van der Waals surface area contributed by atoms with E-state index in [0.717, 1.165) is 16.6 Å². The molecule has 0 spiro atoms. The summed E-state index contributed by atoms with van der Waals surface area (Å²) in [5, 5.41) is 3.32. The van der Waals surface area contributed by atoms with Gasteiger partial charge in [0.2, 0.25) is 5.91 Å². The second-order valence-corrected chi connectivity index (χ2v) is 6.04. The first-order valence-electron chi connectivity index (χ1n) is 6.92. The van der Waals surface area contributed by atoms with Crippen LogP contribution in [-0.2, 0) is 16.1 Å². The molecule has 1 N–H and O–H groups in total. The molecule has 1 aliphatic rings. The van der Waals surface area contributed by atoms with Gasteiger partial charge < -0.3 is 15.0 Å². The first kappa shape index (κ1) is 15.5. The molecule has 1 saturated heterocycles. The van der Waals surface area contributed by atoms with Crippen molar-refractivity contribution in [3.63, 3.8) is 0 Å². The molecule has 4 nitrogen and oxygen atoms in total. The molecule has 0 radical (unpaired) electrons. The van der Waals surface area contributed by atoms with Crippen molar-refractivity contribution in [1.29, 1.82) is 0 Å². The predicted octanol–water partition coefficient (Wildman–Crippen LogP) is 2.03. The topological polar surface area (TPSA) is 41.6 Å². The summed E-state index contributed by atoms with van der Waals surface area (Å²) < 4.78 is 6.49. The monoisotopic (exact) mass is 340 g/mol. The van der Waals surface area contributed by atoms with Crippen molar-refractivity contribution < 1.29 is 9.53 Å². The fourth-order valence-corrected chi connectivity index (χ4v) is 2.75. The van der Waals surface area contributed by atoms with E-state index in [0.29, 0.717) is 19.8 Å². The van der Waals surface area contributed by atoms with Crippen LogP contribution in [0, 0.1) is 5.92 Å². The molecule has 0 aliphatic carbocycles. The Hall–Kier alpha value is -0.910. The zero-order chi connectivity index (χ0) is 14.5. The van der Waals surface area contributed by atoms with Gasteiger partial charge in [-0.3, -0.25) is 4.79 Å². The number of ether oxygens (including phenoxy) is 1. The number of benzene rings is 1. The smallest absolute Gasteiger partial charge is 0.229 e. The molecule has 2 unspecified atom stereocenters. The minimum atomic E-state index is -0.0737. The number of carbonyl (C=O) groups excluding carboxylic acids is 1. The highest BCUT2D eigenvalue weighted by Crippen LogP contribution is 2.18. The Morgan fingerprint density at radius 2 is 2.10 bits per heavy atom. The average Bonchev–Trinajstić information content (AvgIpc) is 2.89. The van der Waals surface area contributed by atoms with E-state index < -0.39 is 0 Å². The second-order valence-electron chi connectivity index (χ2n) is 5.13. The summed E-state index contributed by atoms with van der Waals surface area (Å²) in [4.78, 5) is 14.3. The maximum Gasteiger partial charge on any atom is 0.229 e. The van der Waals surface area contributed by atoms with E-state index in [9.17, 15) is 4.79 Å². The SMILES string of the molecule is CCNC1COCC1C(=O)N(C)Cc1ccc(Br)cc1. The zero-order valence-electron chi connectivity index (χ0n) is 11.9. The number of nitrogens with zero attached hydrogens (tertiary/aromatic N) is 1. The van der Waals surface area contributed by atoms with Gasteiger partial charge in [0, 0.05) is 24.1 Å². The highest BCUT2D eigenvalue weighted by atomic mass is 79.9. The normalized spacial score (nSPS) is 21.9. The number of rotatable bonds is 5. The van der Waals surface area contributed by atoms with Crippen LogP contribution in [0.4, 0.5) is 0 Å². The summed E-state index contributed by atoms with van der Waals surface area (Å²) in [6.07, 6.45) is 0. The standard InChI is InChI=1S/C15H21BrN2O2/c1-3-17-14-10-20-9-13(14)15(19)18(2)8-11-4-6-12(16)7-5-11/h4-7,13-14,17H,3,8-10H2,1-2H3. The van der Waals surface area contributed by atoms with Gasteiger partial charge in [-0.2, -0.15) is 0 Å². The fraction of sp³-hybridized carbons (Fsp3) is 0.533. The molecule has 1 aromatic rings. The van der Waals surface area contributed by atoms with Gasteiger partial charge in [-0.15, -0.1) is 0 Å². The van der Waals surface area contributed by atoms with Crippen LogP contribution in [0.1, 0.15) is 12.5 Å². The van der Waals surface area contributed by atoms with Crippen molar-refractivity contribution in [1.82, 2.24) is 10.2 Å². The molecular weight excluding hydrogens is 320 g/mol. The lowest BCUT2D eigenvalue weighted by Crippen LogP contribution is -2.44. The highest BCUT2D eigenvalue weighted by Gasteiger charge is 2.35. The average molecular weight is 341 g/mol. The van der Waals surface area contributed by atoms with Gasteiger partial charge in [0.05, 0.1) is 19.1 Å². The summed E-state index contributed by atoms with van der Waals surface area (Å²) >= 11 is 3.41. The molecule has 1 fully saturated rings. The largest absolute Gasteiger partial charge is 0.379 e. The van der Waals surface area contributed by atoms with E-state index in [1.807, 2.05) is 38.2 Å². The fourth-order valence-electron chi connectivity index (χ4n) is 2.49. The van der Waals surface area contributed by atoms with Crippen LogP contribution in [0.15, 0.2) is 28.7 Å². The summed E-state index contributed by atoms with van der Waals surface area (Å²) in [5.74, 6) is 0.0757. The number of amides is 1. The van der Waals surface area contributed by atoms with E-state index in [-0.39, 0.29) is 17.9 Å². The van der Waals surface area contributed by atoms with Crippen molar-refractivity contribution >= 4 is 21.8 Å². The maximum atomic E-state index is 12.5. The van der Waals surface area contributed by atoms with Gasteiger partial charge in [-0.05, 0) is 24.2 Å². The van der Waals surface area contributed by atoms with Crippen molar-refractivity contribution in [2.45, 2.75) is 19.5 Å². The third-order valence-electron chi connectivity index (χ3n) is 3.57. The number of hydrogen-bond donors (Lipinski definition) is 1. The Bertz CT molecular complexity index is 450. The predicted molar refractivity (Wildman–Crippen MR) is 82.4 cm³/mol. The minimum absolute atomic E-state index is 0.0737. The minimum Gasteiger partial charge on any atom is -0.379 e. The Kier molecular flexibility index (Phi) is 5.57. The molecule has 0 saturated carbocycles. The molecule has 5 heteroatoms. The second kappa shape index (κ2) is 7.20. The molecule has 1 heterocycles. The lowest BCUT2D eigenvalue weighted by atomic mass is 10.0. The molecule has 20 heavy (non-hydrogen) atoms. The van der Waals surface area contributed by atoms with E-state index in [1.54, 1.807) is 4.90 Å². The maximum absolute atomic E-state index is 12.5. The van der Waals surface area contributed by atoms with Crippen LogP contribution in [0.2, 0.25) is 0 Å². The zero-order valence-corrected chi connectivity index (χ0v) is 13.5. The number of carbonyl (C=O) groups is 1. The van der Waals surface area contributed by atoms with Crippen LogP contribution in [0.25, 0.3) is 0 Å². The number of likely N-dealkylation sites (N-methyl/N-ethyl adjacent to an activating group) is 1. The first-order chi connectivity index (χ1) is 9.61. The molecule has 2 atom stereocenters. The Morgan fingerprint density at radius 1 is 1.40 bits per heavy atom. The van der Waals surface area contributed by atoms with E-state index in [1.165, 1.54) is 0 Å². The van der Waals surface area contributed by atoms with Gasteiger partial charge in [-0.1, -0.05) is 35.0 Å². The van der Waals surface area contributed by atoms with Crippen molar-refractivity contribution in [2.75, 3.05) is 26.8 Å². The van der Waals surface area contributed by atoms with E-state index in [2.05, 4.69) is 21.2 Å². The lowest BCUT2D eigenvalue weighted by molar-refractivity contribution is -0.135. The van der Waals surface area contributed by atoms with Gasteiger partial charge in [-0.25, -0.2) is 0 Å². The van der Waals surface area contributed by atoms with Crippen molar-refractivity contribution in [3.05, 3.63) is 34.3 Å². The number of nitrogens with one attached hydrogen (secondary N) is 1. The van der Waals surface area contributed by atoms with Crippen LogP contribution in [-0.4, -0.2) is 43.7 Å². The van der Waals surface area contributed by atoms with Gasteiger partial charge in [0.15, 0.2) is 0 Å². The summed E-state index contributed by atoms with van der Waals surface area (Å²) in [6.45, 7) is 4.67. The van der Waals surface area contributed by atoms with E-state index in [4.69, 9.17) is 4.74 Å². The third kappa shape index (κ3) is 3.81. The van der Waals surface area contributed by atoms with E-state index >= 15 is 0 Å². The molecule has 0 bridgehead atoms. The molecule has 110 valence electrons. The quantitative estimate of drug-likeness (QED) is 0.891. The molecule has 1 aliphatic heterocycles. The molecule has 0 aromatic heterocycles. The highest BCUT2D eigenvalue weighted by molar-refractivity contribution is 9.10. The number of hydrogen-bond acceptors (Lipinski definition) is 3. The summed E-state index contributed by atoms with van der Waals surface area (Å²) in [5.41, 5.74) is 1.13. The Morgan fingerprint density at radius 3 is 2.75 bits per heavy atom. The Labute approximate surface area is 128 Å². The molecular formula is C15H21BrN2O2. The number of halogens is 1. The van der Waals surface area contributed by atoms with Crippen LogP contribution in [0.3, 0.4) is 0 Å². The van der Waals surface area contributed by atoms with Gasteiger partial charge >= 0.3 is 0 Å². The van der Waals surface area contributed by atoms with Crippen LogP contribution >= 0.6 is 15.9 Å². The van der Waals surface area contributed by atoms with Crippen molar-refractivity contribution in [3.8, 4) is 0 Å². The molecule has 2 rings (SSSR count). The van der Waals surface area contributed by atoms with Gasteiger partial charge in [0.25, 0.3) is 0 Å². The Balaban J connectivity index is 1.96. The molecule has 1 amide bonds. The third-order valence-corrected chi connectivity index (χ3v) is 4.10. The first-order valence-corrected chi connectivity index (χ1v) is 7.71. The molecule has 1 aromatic carbocycles. The van der Waals surface area contributed by atoms with Crippen molar-refractivity contribution in [2.24, 2.45) is 5.92 Å². The van der Waals surface area contributed by atoms with Crippen LogP contribution in [0.5, 0.6) is 0 Å². The van der Waals surface area contributed by atoms with Crippen LogP contribution < -0.4 is 5.32 Å². The summed E-state index contributed by atoms with van der Waals surface area (Å²) in [7, 11) is 1.85. The van der Waals surface area contributed by atoms with Gasteiger partial charge in [0.1, 0.15) is 0 Å². The summed E-state index contributed by atoms with van der Waals surface area (Å²) in [6, 6.07) is 8.18.